The van der Waals surface area contributed by atoms with E-state index in [0.29, 0.717) is 11.5 Å². The molecular formula is C13H15N5O. The van der Waals surface area contributed by atoms with Gasteiger partial charge in [0.25, 0.3) is 5.91 Å². The maximum Gasteiger partial charge on any atom is 0.275 e. The van der Waals surface area contributed by atoms with Crippen molar-refractivity contribution in [3.05, 3.63) is 42.6 Å². The third-order valence-electron chi connectivity index (χ3n) is 2.34. The smallest absolute Gasteiger partial charge is 0.275 e. The summed E-state index contributed by atoms with van der Waals surface area (Å²) in [5.41, 5.74) is 0.895. The maximum absolute atomic E-state index is 12.0. The number of carbonyl (C=O) groups is 1. The first kappa shape index (κ1) is 12.9. The number of anilines is 2. The summed E-state index contributed by atoms with van der Waals surface area (Å²) in [6.45, 7) is 2.85. The molecule has 1 amide bonds. The molecule has 0 radical (unpaired) electrons. The quantitative estimate of drug-likeness (QED) is 0.855. The minimum Gasteiger partial charge on any atom is -0.369 e. The van der Waals surface area contributed by atoms with Gasteiger partial charge in [0.2, 0.25) is 0 Å². The molecule has 2 aromatic heterocycles. The van der Waals surface area contributed by atoms with Crippen molar-refractivity contribution in [1.29, 1.82) is 0 Å². The predicted octanol–water partition coefficient (Wildman–Crippen LogP) is 1.95. The fraction of sp³-hybridized carbons (Fsp3) is 0.231. The first-order valence-corrected chi connectivity index (χ1v) is 6.07. The Kier molecular flexibility index (Phi) is 4.39. The van der Waals surface area contributed by atoms with Crippen LogP contribution >= 0.6 is 0 Å². The molecule has 98 valence electrons. The fourth-order valence-corrected chi connectivity index (χ4v) is 1.45. The lowest BCUT2D eigenvalue weighted by Gasteiger charge is -2.06. The number of amides is 1. The van der Waals surface area contributed by atoms with Crippen LogP contribution in [0.2, 0.25) is 0 Å². The summed E-state index contributed by atoms with van der Waals surface area (Å²) in [5.74, 6) is 0.293. The van der Waals surface area contributed by atoms with Crippen LogP contribution in [0.5, 0.6) is 0 Å². The van der Waals surface area contributed by atoms with E-state index in [-0.39, 0.29) is 11.6 Å². The molecule has 0 aliphatic rings. The highest BCUT2D eigenvalue weighted by Gasteiger charge is 2.09. The molecule has 6 heteroatoms. The van der Waals surface area contributed by atoms with Crippen LogP contribution in [0, 0.1) is 0 Å². The van der Waals surface area contributed by atoms with Crippen molar-refractivity contribution in [2.75, 3.05) is 17.2 Å². The molecule has 19 heavy (non-hydrogen) atoms. The summed E-state index contributed by atoms with van der Waals surface area (Å²) < 4.78 is 0. The zero-order chi connectivity index (χ0) is 13.5. The van der Waals surface area contributed by atoms with Crippen molar-refractivity contribution in [3.8, 4) is 0 Å². The summed E-state index contributed by atoms with van der Waals surface area (Å²) >= 11 is 0. The van der Waals surface area contributed by atoms with Crippen molar-refractivity contribution < 1.29 is 4.79 Å². The minimum atomic E-state index is -0.305. The van der Waals surface area contributed by atoms with Gasteiger partial charge in [0, 0.05) is 12.7 Å². The van der Waals surface area contributed by atoms with Crippen LogP contribution in [0.15, 0.2) is 36.9 Å². The number of carbonyl (C=O) groups excluding carboxylic acids is 1. The largest absolute Gasteiger partial charge is 0.369 e. The second kappa shape index (κ2) is 6.44. The van der Waals surface area contributed by atoms with Crippen LogP contribution < -0.4 is 10.6 Å². The van der Waals surface area contributed by atoms with Crippen LogP contribution in [0.25, 0.3) is 0 Å². The molecule has 0 fully saturated rings. The fourth-order valence-electron chi connectivity index (χ4n) is 1.45. The molecule has 2 rings (SSSR count). The third-order valence-corrected chi connectivity index (χ3v) is 2.34. The average molecular weight is 257 g/mol. The van der Waals surface area contributed by atoms with E-state index in [0.717, 1.165) is 13.0 Å². The summed E-state index contributed by atoms with van der Waals surface area (Å²) in [6, 6.07) is 3.51. The summed E-state index contributed by atoms with van der Waals surface area (Å²) in [7, 11) is 0. The van der Waals surface area contributed by atoms with Gasteiger partial charge in [-0.25, -0.2) is 4.98 Å². The lowest BCUT2D eigenvalue weighted by molar-refractivity contribution is 0.102. The highest BCUT2D eigenvalue weighted by molar-refractivity contribution is 6.02. The lowest BCUT2D eigenvalue weighted by atomic mass is 10.3. The van der Waals surface area contributed by atoms with Gasteiger partial charge in [-0.1, -0.05) is 6.92 Å². The van der Waals surface area contributed by atoms with E-state index in [1.54, 1.807) is 30.7 Å². The van der Waals surface area contributed by atoms with Gasteiger partial charge in [-0.15, -0.1) is 0 Å². The topological polar surface area (TPSA) is 79.8 Å². The predicted molar refractivity (Wildman–Crippen MR) is 73.0 cm³/mol. The molecule has 0 saturated heterocycles. The number of hydrogen-bond donors (Lipinski definition) is 2. The molecular weight excluding hydrogens is 242 g/mol. The van der Waals surface area contributed by atoms with Gasteiger partial charge in [0.05, 0.1) is 24.3 Å². The number of nitrogens with one attached hydrogen (secondary N) is 2. The highest BCUT2D eigenvalue weighted by atomic mass is 16.1. The van der Waals surface area contributed by atoms with Crippen LogP contribution in [0.4, 0.5) is 11.5 Å². The minimum absolute atomic E-state index is 0.268. The zero-order valence-corrected chi connectivity index (χ0v) is 10.6. The van der Waals surface area contributed by atoms with Gasteiger partial charge < -0.3 is 10.6 Å². The normalized spacial score (nSPS) is 9.95. The first-order valence-electron chi connectivity index (χ1n) is 6.07. The van der Waals surface area contributed by atoms with E-state index in [1.165, 1.54) is 6.20 Å². The van der Waals surface area contributed by atoms with Crippen molar-refractivity contribution >= 4 is 17.4 Å². The maximum atomic E-state index is 12.0. The lowest BCUT2D eigenvalue weighted by Crippen LogP contribution is -2.15. The molecule has 0 saturated carbocycles. The second-order valence-corrected chi connectivity index (χ2v) is 3.91. The number of rotatable bonds is 5. The standard InChI is InChI=1S/C13H15N5O/c1-2-5-16-12-9-15-8-11(18-12)13(19)17-10-4-3-6-14-7-10/h3-4,6-9H,2,5H2,1H3,(H,16,18)(H,17,19). The molecule has 0 aliphatic heterocycles. The van der Waals surface area contributed by atoms with Gasteiger partial charge in [-0.05, 0) is 18.6 Å². The number of aromatic nitrogens is 3. The molecule has 2 N–H and O–H groups in total. The molecule has 0 bridgehead atoms. The van der Waals surface area contributed by atoms with E-state index >= 15 is 0 Å². The van der Waals surface area contributed by atoms with E-state index in [9.17, 15) is 4.79 Å². The molecule has 0 unspecified atom stereocenters. The Hall–Kier alpha value is -2.50. The molecule has 6 nitrogen and oxygen atoms in total. The Morgan fingerprint density at radius 2 is 2.16 bits per heavy atom. The molecule has 0 aliphatic carbocycles. The molecule has 0 spiro atoms. The zero-order valence-electron chi connectivity index (χ0n) is 10.6. The van der Waals surface area contributed by atoms with Crippen molar-refractivity contribution in [2.24, 2.45) is 0 Å². The molecule has 2 heterocycles. The second-order valence-electron chi connectivity index (χ2n) is 3.91. The van der Waals surface area contributed by atoms with E-state index in [2.05, 4.69) is 32.5 Å². The molecule has 2 aromatic rings. The van der Waals surface area contributed by atoms with Crippen molar-refractivity contribution in [3.63, 3.8) is 0 Å². The van der Waals surface area contributed by atoms with Crippen LogP contribution in [0.3, 0.4) is 0 Å². The van der Waals surface area contributed by atoms with E-state index in [4.69, 9.17) is 0 Å². The average Bonchev–Trinajstić information content (AvgIpc) is 2.46. The third kappa shape index (κ3) is 3.74. The van der Waals surface area contributed by atoms with Crippen molar-refractivity contribution in [1.82, 2.24) is 15.0 Å². The van der Waals surface area contributed by atoms with Crippen LogP contribution in [-0.4, -0.2) is 27.4 Å². The number of pyridine rings is 1. The Labute approximate surface area is 111 Å². The molecule has 0 aromatic carbocycles. The Balaban J connectivity index is 2.06. The van der Waals surface area contributed by atoms with Crippen LogP contribution in [-0.2, 0) is 0 Å². The van der Waals surface area contributed by atoms with Crippen molar-refractivity contribution in [2.45, 2.75) is 13.3 Å². The SMILES string of the molecule is CCCNc1cncc(C(=O)Nc2cccnc2)n1. The summed E-state index contributed by atoms with van der Waals surface area (Å²) in [4.78, 5) is 24.1. The van der Waals surface area contributed by atoms with E-state index < -0.39 is 0 Å². The van der Waals surface area contributed by atoms with Gasteiger partial charge in [0.15, 0.2) is 0 Å². The van der Waals surface area contributed by atoms with E-state index in [1.807, 2.05) is 0 Å². The number of nitrogens with zero attached hydrogens (tertiary/aromatic N) is 3. The Bertz CT molecular complexity index is 544. The Morgan fingerprint density at radius 1 is 1.26 bits per heavy atom. The van der Waals surface area contributed by atoms with Gasteiger partial charge in [0.1, 0.15) is 11.5 Å². The highest BCUT2D eigenvalue weighted by Crippen LogP contribution is 2.07. The first-order chi connectivity index (χ1) is 9.29. The van der Waals surface area contributed by atoms with Gasteiger partial charge in [-0.3, -0.25) is 14.8 Å². The van der Waals surface area contributed by atoms with Gasteiger partial charge >= 0.3 is 0 Å². The summed E-state index contributed by atoms with van der Waals surface area (Å²) in [6.07, 6.45) is 7.22. The monoisotopic (exact) mass is 257 g/mol. The number of hydrogen-bond acceptors (Lipinski definition) is 5. The van der Waals surface area contributed by atoms with Gasteiger partial charge in [-0.2, -0.15) is 0 Å². The summed E-state index contributed by atoms with van der Waals surface area (Å²) in [5, 5.41) is 5.80. The molecule has 0 atom stereocenters. The van der Waals surface area contributed by atoms with Crippen LogP contribution in [0.1, 0.15) is 23.8 Å². The Morgan fingerprint density at radius 3 is 2.89 bits per heavy atom.